The molecule has 2 rings (SSSR count). The van der Waals surface area contributed by atoms with Gasteiger partial charge in [0.05, 0.1) is 0 Å². The zero-order chi connectivity index (χ0) is 9.97. The topological polar surface area (TPSA) is 77.2 Å². The summed E-state index contributed by atoms with van der Waals surface area (Å²) in [5.41, 5.74) is 0. The van der Waals surface area contributed by atoms with Gasteiger partial charge in [0, 0.05) is 13.0 Å². The first-order chi connectivity index (χ1) is 6.79. The van der Waals surface area contributed by atoms with E-state index in [-0.39, 0.29) is 18.5 Å². The number of carbonyl (C=O) groups excluding carboxylic acids is 1. The number of nitrogens with zero attached hydrogens (tertiary/aromatic N) is 2. The Hall–Kier alpha value is -1.43. The van der Waals surface area contributed by atoms with Crippen molar-refractivity contribution in [1.82, 2.24) is 10.2 Å². The van der Waals surface area contributed by atoms with Gasteiger partial charge in [0.2, 0.25) is 5.89 Å². The Morgan fingerprint density at radius 3 is 3.07 bits per heavy atom. The van der Waals surface area contributed by atoms with Crippen molar-refractivity contribution >= 4 is 11.9 Å². The van der Waals surface area contributed by atoms with Crippen molar-refractivity contribution in [3.8, 4) is 0 Å². The van der Waals surface area contributed by atoms with E-state index in [4.69, 9.17) is 4.42 Å². The van der Waals surface area contributed by atoms with Crippen LogP contribution in [-0.2, 0) is 9.53 Å². The van der Waals surface area contributed by atoms with Crippen LogP contribution in [0.1, 0.15) is 24.7 Å². The van der Waals surface area contributed by atoms with Gasteiger partial charge in [-0.05, 0) is 12.8 Å². The average molecular weight is 197 g/mol. The second kappa shape index (κ2) is 3.75. The molecule has 1 fully saturated rings. The number of nitrogens with one attached hydrogen (secondary N) is 1. The van der Waals surface area contributed by atoms with Crippen molar-refractivity contribution in [3.63, 3.8) is 0 Å². The fourth-order valence-corrected chi connectivity index (χ4v) is 1.07. The molecule has 0 spiro atoms. The predicted molar refractivity (Wildman–Crippen MR) is 46.8 cm³/mol. The van der Waals surface area contributed by atoms with Crippen LogP contribution in [0.2, 0.25) is 0 Å². The smallest absolute Gasteiger partial charge is 0.322 e. The van der Waals surface area contributed by atoms with Crippen LogP contribution < -0.4 is 5.32 Å². The molecular weight excluding hydrogens is 186 g/mol. The summed E-state index contributed by atoms with van der Waals surface area (Å²) in [6.07, 6.45) is 2.18. The third-order valence-electron chi connectivity index (χ3n) is 1.89. The van der Waals surface area contributed by atoms with Gasteiger partial charge in [-0.15, -0.1) is 5.10 Å². The average Bonchev–Trinajstić information content (AvgIpc) is 2.89. The van der Waals surface area contributed by atoms with Gasteiger partial charge in [-0.25, -0.2) is 0 Å². The van der Waals surface area contributed by atoms with Crippen LogP contribution in [0.4, 0.5) is 6.01 Å². The maximum Gasteiger partial charge on any atom is 0.322 e. The lowest BCUT2D eigenvalue weighted by Gasteiger charge is -1.96. The Labute approximate surface area is 80.6 Å². The van der Waals surface area contributed by atoms with Gasteiger partial charge in [0.25, 0.3) is 5.91 Å². The summed E-state index contributed by atoms with van der Waals surface area (Å²) in [4.78, 5) is 11.0. The van der Waals surface area contributed by atoms with E-state index in [1.54, 1.807) is 0 Å². The highest BCUT2D eigenvalue weighted by molar-refractivity contribution is 5.89. The van der Waals surface area contributed by atoms with Crippen LogP contribution in [0.5, 0.6) is 0 Å². The lowest BCUT2D eigenvalue weighted by atomic mass is 10.4. The first-order valence-electron chi connectivity index (χ1n) is 4.42. The summed E-state index contributed by atoms with van der Waals surface area (Å²) in [5.74, 6) is 0.715. The van der Waals surface area contributed by atoms with Gasteiger partial charge in [0.15, 0.2) is 0 Å². The van der Waals surface area contributed by atoms with Crippen molar-refractivity contribution in [2.75, 3.05) is 19.0 Å². The summed E-state index contributed by atoms with van der Waals surface area (Å²) in [7, 11) is 1.45. The third kappa shape index (κ3) is 2.08. The first kappa shape index (κ1) is 9.14. The number of hydrogen-bond acceptors (Lipinski definition) is 5. The number of amides is 1. The van der Waals surface area contributed by atoms with Crippen LogP contribution in [0.15, 0.2) is 4.42 Å². The zero-order valence-electron chi connectivity index (χ0n) is 7.82. The van der Waals surface area contributed by atoms with Crippen molar-refractivity contribution in [3.05, 3.63) is 5.89 Å². The molecule has 1 aliphatic carbocycles. The van der Waals surface area contributed by atoms with Crippen molar-refractivity contribution < 1.29 is 13.9 Å². The summed E-state index contributed by atoms with van der Waals surface area (Å²) in [6.45, 7) is -0.0128. The standard InChI is InChI=1S/C8H11N3O3/c1-13-4-6(12)9-8-11-10-7(14-8)5-2-3-5/h5H,2-4H2,1H3,(H,9,11,12). The maximum atomic E-state index is 11.0. The third-order valence-corrected chi connectivity index (χ3v) is 1.89. The second-order valence-electron chi connectivity index (χ2n) is 3.20. The molecule has 0 aliphatic heterocycles. The molecule has 0 bridgehead atoms. The van der Waals surface area contributed by atoms with Crippen LogP contribution in [0.3, 0.4) is 0 Å². The molecule has 6 heteroatoms. The van der Waals surface area contributed by atoms with Gasteiger partial charge >= 0.3 is 6.01 Å². The minimum atomic E-state index is -0.293. The summed E-state index contributed by atoms with van der Waals surface area (Å²) in [6, 6.07) is 0.147. The molecule has 0 atom stereocenters. The number of anilines is 1. The Kier molecular flexibility index (Phi) is 2.45. The summed E-state index contributed by atoms with van der Waals surface area (Å²) < 4.78 is 9.86. The van der Waals surface area contributed by atoms with Crippen LogP contribution >= 0.6 is 0 Å². The molecule has 1 aromatic rings. The van der Waals surface area contributed by atoms with E-state index < -0.39 is 0 Å². The number of hydrogen-bond donors (Lipinski definition) is 1. The molecule has 0 radical (unpaired) electrons. The van der Waals surface area contributed by atoms with Gasteiger partial charge in [0.1, 0.15) is 6.61 Å². The van der Waals surface area contributed by atoms with Gasteiger partial charge in [-0.1, -0.05) is 5.10 Å². The van der Waals surface area contributed by atoms with Gasteiger partial charge in [-0.2, -0.15) is 0 Å². The molecule has 1 amide bonds. The Bertz CT molecular complexity index is 332. The monoisotopic (exact) mass is 197 g/mol. The molecule has 1 saturated carbocycles. The van der Waals surface area contributed by atoms with E-state index in [2.05, 4.69) is 20.3 Å². The first-order valence-corrected chi connectivity index (χ1v) is 4.42. The van der Waals surface area contributed by atoms with Crippen molar-refractivity contribution in [2.45, 2.75) is 18.8 Å². The quantitative estimate of drug-likeness (QED) is 0.761. The lowest BCUT2D eigenvalue weighted by Crippen LogP contribution is -2.17. The van der Waals surface area contributed by atoms with Gasteiger partial charge < -0.3 is 9.15 Å². The molecule has 1 N–H and O–H groups in total. The zero-order valence-corrected chi connectivity index (χ0v) is 7.82. The molecule has 1 heterocycles. The molecular formula is C8H11N3O3. The van der Waals surface area contributed by atoms with E-state index in [1.807, 2.05) is 0 Å². The fraction of sp³-hybridized carbons (Fsp3) is 0.625. The van der Waals surface area contributed by atoms with Crippen molar-refractivity contribution in [2.24, 2.45) is 0 Å². The van der Waals surface area contributed by atoms with Crippen LogP contribution in [-0.4, -0.2) is 29.8 Å². The lowest BCUT2D eigenvalue weighted by molar-refractivity contribution is -0.119. The molecule has 76 valence electrons. The Morgan fingerprint density at radius 1 is 1.64 bits per heavy atom. The minimum absolute atomic E-state index is 0.0128. The number of carbonyl (C=O) groups is 1. The van der Waals surface area contributed by atoms with E-state index in [9.17, 15) is 4.79 Å². The molecule has 6 nitrogen and oxygen atoms in total. The highest BCUT2D eigenvalue weighted by Crippen LogP contribution is 2.39. The summed E-state index contributed by atoms with van der Waals surface area (Å²) in [5, 5.41) is 9.96. The second-order valence-corrected chi connectivity index (χ2v) is 3.20. The van der Waals surface area contributed by atoms with E-state index >= 15 is 0 Å². The highest BCUT2D eigenvalue weighted by Gasteiger charge is 2.29. The number of ether oxygens (including phenoxy) is 1. The normalized spacial score (nSPS) is 15.5. The molecule has 1 aromatic heterocycles. The van der Waals surface area contributed by atoms with Crippen LogP contribution in [0, 0.1) is 0 Å². The summed E-state index contributed by atoms with van der Waals surface area (Å²) >= 11 is 0. The molecule has 0 saturated heterocycles. The number of methoxy groups -OCH3 is 1. The SMILES string of the molecule is COCC(=O)Nc1nnc(C2CC2)o1. The van der Waals surface area contributed by atoms with Gasteiger partial charge in [-0.3, -0.25) is 10.1 Å². The number of aromatic nitrogens is 2. The Balaban J connectivity index is 1.92. The molecule has 0 aromatic carbocycles. The van der Waals surface area contributed by atoms with E-state index in [1.165, 1.54) is 7.11 Å². The highest BCUT2D eigenvalue weighted by atomic mass is 16.5. The fourth-order valence-electron chi connectivity index (χ4n) is 1.07. The maximum absolute atomic E-state index is 11.0. The number of rotatable bonds is 4. The van der Waals surface area contributed by atoms with E-state index in [0.29, 0.717) is 11.8 Å². The molecule has 0 unspecified atom stereocenters. The predicted octanol–water partition coefficient (Wildman–Crippen LogP) is 0.532. The Morgan fingerprint density at radius 2 is 2.43 bits per heavy atom. The van der Waals surface area contributed by atoms with Crippen LogP contribution in [0.25, 0.3) is 0 Å². The molecule has 1 aliphatic rings. The molecule has 14 heavy (non-hydrogen) atoms. The minimum Gasteiger partial charge on any atom is -0.408 e. The largest absolute Gasteiger partial charge is 0.408 e. The van der Waals surface area contributed by atoms with E-state index in [0.717, 1.165) is 12.8 Å². The van der Waals surface area contributed by atoms with Crippen molar-refractivity contribution in [1.29, 1.82) is 0 Å².